The summed E-state index contributed by atoms with van der Waals surface area (Å²) in [6, 6.07) is -0.215. The summed E-state index contributed by atoms with van der Waals surface area (Å²) in [7, 11) is 1.67. The molecule has 3 nitrogen and oxygen atoms in total. The van der Waals surface area contributed by atoms with Crippen molar-refractivity contribution in [3.8, 4) is 0 Å². The van der Waals surface area contributed by atoms with Crippen molar-refractivity contribution in [2.75, 3.05) is 7.05 Å². The Morgan fingerprint density at radius 2 is 2.00 bits per heavy atom. The summed E-state index contributed by atoms with van der Waals surface area (Å²) in [4.78, 5) is 23.6. The Hall–Kier alpha value is -0.510. The van der Waals surface area contributed by atoms with Crippen molar-refractivity contribution in [1.82, 2.24) is 4.90 Å². The summed E-state index contributed by atoms with van der Waals surface area (Å²) >= 11 is 0.813. The number of rotatable bonds is 1. The van der Waals surface area contributed by atoms with Gasteiger partial charge >= 0.3 is 0 Å². The molecule has 0 radical (unpaired) electrons. The monoisotopic (exact) mass is 173 g/mol. The molecule has 0 aliphatic carbocycles. The van der Waals surface area contributed by atoms with Crippen molar-refractivity contribution in [1.29, 1.82) is 0 Å². The van der Waals surface area contributed by atoms with Crippen LogP contribution in [0.25, 0.3) is 0 Å². The van der Waals surface area contributed by atoms with E-state index in [-0.39, 0.29) is 22.3 Å². The van der Waals surface area contributed by atoms with E-state index in [9.17, 15) is 9.59 Å². The van der Waals surface area contributed by atoms with Gasteiger partial charge in [0.05, 0.1) is 0 Å². The zero-order chi connectivity index (χ0) is 8.59. The van der Waals surface area contributed by atoms with Gasteiger partial charge in [-0.1, -0.05) is 13.8 Å². The molecule has 62 valence electrons. The minimum absolute atomic E-state index is 0.0208. The van der Waals surface area contributed by atoms with Gasteiger partial charge in [0.2, 0.25) is 5.12 Å². The second-order valence-corrected chi connectivity index (χ2v) is 3.94. The predicted octanol–water partition coefficient (Wildman–Crippen LogP) is 1.34. The van der Waals surface area contributed by atoms with Crippen LogP contribution in [0.4, 0.5) is 4.79 Å². The van der Waals surface area contributed by atoms with E-state index in [0.717, 1.165) is 11.8 Å². The van der Waals surface area contributed by atoms with Crippen molar-refractivity contribution in [3.05, 3.63) is 0 Å². The molecule has 1 atom stereocenters. The molecule has 1 unspecified atom stereocenters. The highest BCUT2D eigenvalue weighted by molar-refractivity contribution is 8.26. The Bertz CT molecular complexity index is 203. The lowest BCUT2D eigenvalue weighted by molar-refractivity contribution is -0.114. The third kappa shape index (κ3) is 1.40. The zero-order valence-electron chi connectivity index (χ0n) is 6.83. The summed E-state index contributed by atoms with van der Waals surface area (Å²) in [6.07, 6.45) is 0. The second kappa shape index (κ2) is 2.85. The Balaban J connectivity index is 2.79. The van der Waals surface area contributed by atoms with Crippen LogP contribution in [0.2, 0.25) is 0 Å². The average Bonchev–Trinajstić information content (AvgIpc) is 2.07. The van der Waals surface area contributed by atoms with E-state index < -0.39 is 0 Å². The Morgan fingerprint density at radius 1 is 1.45 bits per heavy atom. The minimum atomic E-state index is -0.215. The molecule has 1 saturated heterocycles. The summed E-state index contributed by atoms with van der Waals surface area (Å²) in [6.45, 7) is 3.89. The third-order valence-electron chi connectivity index (χ3n) is 1.77. The summed E-state index contributed by atoms with van der Waals surface area (Å²) in [5.41, 5.74) is 0. The van der Waals surface area contributed by atoms with Crippen LogP contribution in [0.3, 0.4) is 0 Å². The molecule has 0 aromatic heterocycles. The van der Waals surface area contributed by atoms with E-state index in [1.54, 1.807) is 7.05 Å². The second-order valence-electron chi connectivity index (χ2n) is 2.99. The van der Waals surface area contributed by atoms with Gasteiger partial charge in [0.15, 0.2) is 0 Å². The predicted molar refractivity (Wildman–Crippen MR) is 44.4 cm³/mol. The fraction of sp³-hybridized carbons (Fsp3) is 0.714. The SMILES string of the molecule is CC(C)C1C(=O)SC(=O)N1C. The number of hydrogen-bond acceptors (Lipinski definition) is 3. The lowest BCUT2D eigenvalue weighted by atomic mass is 10.1. The van der Waals surface area contributed by atoms with Crippen LogP contribution in [0, 0.1) is 5.92 Å². The molecule has 0 aromatic carbocycles. The first-order chi connectivity index (χ1) is 5.04. The van der Waals surface area contributed by atoms with Crippen LogP contribution in [0.15, 0.2) is 0 Å². The van der Waals surface area contributed by atoms with Gasteiger partial charge in [-0.25, -0.2) is 0 Å². The summed E-state index contributed by atoms with van der Waals surface area (Å²) in [5, 5.41) is -0.152. The molecule has 11 heavy (non-hydrogen) atoms. The van der Waals surface area contributed by atoms with Gasteiger partial charge in [-0.05, 0) is 5.92 Å². The summed E-state index contributed by atoms with van der Waals surface area (Å²) in [5.74, 6) is 0.214. The number of carbonyl (C=O) groups is 2. The highest BCUT2D eigenvalue weighted by Gasteiger charge is 2.38. The molecule has 0 saturated carbocycles. The molecule has 0 bridgehead atoms. The molecule has 1 amide bonds. The first-order valence-electron chi connectivity index (χ1n) is 3.52. The maximum Gasteiger partial charge on any atom is 0.289 e. The number of thioether (sulfide) groups is 1. The van der Waals surface area contributed by atoms with E-state index in [4.69, 9.17) is 0 Å². The Morgan fingerprint density at radius 3 is 2.18 bits per heavy atom. The lowest BCUT2D eigenvalue weighted by Gasteiger charge is -2.20. The number of amides is 1. The standard InChI is InChI=1S/C7H11NO2S/c1-4(2)5-6(9)11-7(10)8(5)3/h4-5H,1-3H3. The van der Waals surface area contributed by atoms with E-state index in [1.165, 1.54) is 4.90 Å². The number of likely N-dealkylation sites (N-methyl/N-ethyl adjacent to an activating group) is 1. The van der Waals surface area contributed by atoms with Crippen molar-refractivity contribution in [3.63, 3.8) is 0 Å². The van der Waals surface area contributed by atoms with Gasteiger partial charge < -0.3 is 4.90 Å². The highest BCUT2D eigenvalue weighted by atomic mass is 32.2. The van der Waals surface area contributed by atoms with Crippen LogP contribution in [0.5, 0.6) is 0 Å². The van der Waals surface area contributed by atoms with Crippen LogP contribution in [-0.2, 0) is 4.79 Å². The van der Waals surface area contributed by atoms with Crippen molar-refractivity contribution in [2.45, 2.75) is 19.9 Å². The molecule has 1 fully saturated rings. The van der Waals surface area contributed by atoms with Gasteiger partial charge in [0, 0.05) is 18.8 Å². The maximum atomic E-state index is 11.1. The fourth-order valence-corrected chi connectivity index (χ4v) is 2.19. The van der Waals surface area contributed by atoms with Crippen LogP contribution < -0.4 is 0 Å². The van der Waals surface area contributed by atoms with E-state index in [1.807, 2.05) is 13.8 Å². The van der Waals surface area contributed by atoms with Crippen LogP contribution in [-0.4, -0.2) is 28.3 Å². The molecule has 0 N–H and O–H groups in total. The van der Waals surface area contributed by atoms with E-state index >= 15 is 0 Å². The average molecular weight is 173 g/mol. The zero-order valence-corrected chi connectivity index (χ0v) is 7.64. The quantitative estimate of drug-likeness (QED) is 0.600. The lowest BCUT2D eigenvalue weighted by Crippen LogP contribution is -2.35. The first-order valence-corrected chi connectivity index (χ1v) is 4.34. The van der Waals surface area contributed by atoms with Crippen molar-refractivity contribution < 1.29 is 9.59 Å². The minimum Gasteiger partial charge on any atom is -0.325 e. The Labute approximate surface area is 70.1 Å². The normalized spacial score (nSPS) is 25.5. The van der Waals surface area contributed by atoms with E-state index in [2.05, 4.69) is 0 Å². The molecule has 1 aliphatic heterocycles. The molecular weight excluding hydrogens is 162 g/mol. The van der Waals surface area contributed by atoms with Gasteiger partial charge in [-0.3, -0.25) is 9.59 Å². The van der Waals surface area contributed by atoms with Gasteiger partial charge in [-0.2, -0.15) is 0 Å². The highest BCUT2D eigenvalue weighted by Crippen LogP contribution is 2.28. The molecular formula is C7H11NO2S. The molecule has 4 heteroatoms. The van der Waals surface area contributed by atoms with Crippen molar-refractivity contribution in [2.24, 2.45) is 5.92 Å². The summed E-state index contributed by atoms with van der Waals surface area (Å²) < 4.78 is 0. The smallest absolute Gasteiger partial charge is 0.289 e. The van der Waals surface area contributed by atoms with Gasteiger partial charge in [0.25, 0.3) is 5.24 Å². The fourth-order valence-electron chi connectivity index (χ4n) is 1.21. The molecule has 1 aliphatic rings. The van der Waals surface area contributed by atoms with Crippen molar-refractivity contribution >= 4 is 22.1 Å². The number of hydrogen-bond donors (Lipinski definition) is 0. The molecule has 1 rings (SSSR count). The van der Waals surface area contributed by atoms with Crippen LogP contribution in [0.1, 0.15) is 13.8 Å². The first kappa shape index (κ1) is 8.59. The largest absolute Gasteiger partial charge is 0.325 e. The number of carbonyl (C=O) groups excluding carboxylic acids is 2. The van der Waals surface area contributed by atoms with Crippen LogP contribution >= 0.6 is 11.8 Å². The van der Waals surface area contributed by atoms with E-state index in [0.29, 0.717) is 0 Å². The van der Waals surface area contributed by atoms with Gasteiger partial charge in [-0.15, -0.1) is 0 Å². The molecule has 0 aromatic rings. The topological polar surface area (TPSA) is 37.4 Å². The third-order valence-corrected chi connectivity index (χ3v) is 2.67. The molecule has 0 spiro atoms. The number of nitrogens with zero attached hydrogens (tertiary/aromatic N) is 1. The Kier molecular flexibility index (Phi) is 2.23. The maximum absolute atomic E-state index is 11.1. The van der Waals surface area contributed by atoms with Gasteiger partial charge in [0.1, 0.15) is 6.04 Å². The molecule has 1 heterocycles.